The number of esters is 1. The monoisotopic (exact) mass is 422 g/mol. The first-order valence-corrected chi connectivity index (χ1v) is 10.4. The molecule has 0 amide bonds. The summed E-state index contributed by atoms with van der Waals surface area (Å²) in [6, 6.07) is -0.0785. The molecule has 2 N–H and O–H groups in total. The van der Waals surface area contributed by atoms with Crippen molar-refractivity contribution in [2.75, 3.05) is 33.4 Å². The van der Waals surface area contributed by atoms with Crippen LogP contribution in [0.4, 0.5) is 0 Å². The number of thiazole rings is 1. The second-order valence-corrected chi connectivity index (χ2v) is 8.06. The number of morpholine rings is 1. The second kappa shape index (κ2) is 9.47. The third kappa shape index (κ3) is 5.01. The molecule has 3 atom stereocenters. The van der Waals surface area contributed by atoms with E-state index in [1.165, 1.54) is 18.4 Å². The zero-order valence-corrected chi connectivity index (χ0v) is 17.6. The van der Waals surface area contributed by atoms with E-state index in [4.69, 9.17) is 9.47 Å². The summed E-state index contributed by atoms with van der Waals surface area (Å²) in [6.45, 7) is 5.50. The van der Waals surface area contributed by atoms with Crippen LogP contribution < -0.4 is 5.32 Å². The first kappa shape index (κ1) is 21.4. The van der Waals surface area contributed by atoms with Crippen molar-refractivity contribution in [1.29, 1.82) is 0 Å². The van der Waals surface area contributed by atoms with E-state index >= 15 is 0 Å². The van der Waals surface area contributed by atoms with Crippen molar-refractivity contribution in [3.05, 3.63) is 27.9 Å². The fraction of sp³-hybridized carbons (Fsp3) is 0.579. The molecule has 0 radical (unpaired) electrons. The number of aromatic nitrogens is 1. The Morgan fingerprint density at radius 2 is 2.31 bits per heavy atom. The summed E-state index contributed by atoms with van der Waals surface area (Å²) in [5.41, 5.74) is 1.18. The molecule has 0 aromatic carbocycles. The SMILES string of the molecule is COC(=O)C1=C(CN2CCO[C@H](C)C2CC(C)C(=O)O)NC(c2nccs2)=NC1. The van der Waals surface area contributed by atoms with E-state index in [9.17, 15) is 14.7 Å². The van der Waals surface area contributed by atoms with Gasteiger partial charge in [0.25, 0.3) is 0 Å². The summed E-state index contributed by atoms with van der Waals surface area (Å²) < 4.78 is 10.7. The molecule has 0 spiro atoms. The molecule has 1 aromatic heterocycles. The second-order valence-electron chi connectivity index (χ2n) is 7.16. The maximum Gasteiger partial charge on any atom is 0.337 e. The number of amidine groups is 1. The van der Waals surface area contributed by atoms with Crippen molar-refractivity contribution in [1.82, 2.24) is 15.2 Å². The van der Waals surface area contributed by atoms with Crippen molar-refractivity contribution in [2.45, 2.75) is 32.4 Å². The highest BCUT2D eigenvalue weighted by Crippen LogP contribution is 2.24. The van der Waals surface area contributed by atoms with Gasteiger partial charge in [0.2, 0.25) is 0 Å². The highest BCUT2D eigenvalue weighted by Gasteiger charge is 2.34. The van der Waals surface area contributed by atoms with Gasteiger partial charge in [-0.25, -0.2) is 9.78 Å². The number of carbonyl (C=O) groups is 2. The minimum atomic E-state index is -0.828. The Morgan fingerprint density at radius 1 is 1.52 bits per heavy atom. The summed E-state index contributed by atoms with van der Waals surface area (Å²) >= 11 is 1.46. The zero-order valence-electron chi connectivity index (χ0n) is 16.8. The lowest BCUT2D eigenvalue weighted by Gasteiger charge is -2.41. The molecule has 29 heavy (non-hydrogen) atoms. The number of rotatable bonds is 7. The Hall–Kier alpha value is -2.30. The summed E-state index contributed by atoms with van der Waals surface area (Å²) in [7, 11) is 1.35. The van der Waals surface area contributed by atoms with E-state index in [2.05, 4.69) is 20.2 Å². The molecule has 9 nitrogen and oxygen atoms in total. The average Bonchev–Trinajstić information content (AvgIpc) is 3.24. The van der Waals surface area contributed by atoms with Gasteiger partial charge in [-0.2, -0.15) is 0 Å². The van der Waals surface area contributed by atoms with Crippen LogP contribution in [0.1, 0.15) is 25.3 Å². The standard InChI is InChI=1S/C19H26N4O5S/c1-11(18(24)25)8-15-12(2)28-6-5-23(15)10-14-13(19(26)27-3)9-21-16(22-14)17-20-4-7-29-17/h4,7,11-12,15H,5-6,8-10H2,1-3H3,(H,21,22)(H,24,25)/t11?,12-,15?/m1/s1. The molecule has 0 saturated carbocycles. The number of nitrogens with zero attached hydrogens (tertiary/aromatic N) is 3. The van der Waals surface area contributed by atoms with Crippen molar-refractivity contribution >= 4 is 29.1 Å². The van der Waals surface area contributed by atoms with E-state index in [0.717, 1.165) is 5.01 Å². The van der Waals surface area contributed by atoms with Crippen LogP contribution in [-0.4, -0.2) is 78.3 Å². The number of aliphatic imine (C=N–C) groups is 1. The molecular weight excluding hydrogens is 396 g/mol. The molecular formula is C19H26N4O5S. The van der Waals surface area contributed by atoms with Crippen LogP contribution >= 0.6 is 11.3 Å². The van der Waals surface area contributed by atoms with Gasteiger partial charge in [0.05, 0.1) is 37.9 Å². The van der Waals surface area contributed by atoms with Gasteiger partial charge in [0, 0.05) is 36.4 Å². The molecule has 1 aromatic rings. The number of carboxylic acid groups (broad SMARTS) is 1. The molecule has 2 aliphatic heterocycles. The van der Waals surface area contributed by atoms with Gasteiger partial charge >= 0.3 is 11.9 Å². The van der Waals surface area contributed by atoms with Crippen molar-refractivity contribution < 1.29 is 24.2 Å². The largest absolute Gasteiger partial charge is 0.481 e. The minimum absolute atomic E-state index is 0.0785. The van der Waals surface area contributed by atoms with E-state index in [0.29, 0.717) is 43.2 Å². The number of carboxylic acids is 1. The molecule has 10 heteroatoms. The predicted molar refractivity (Wildman–Crippen MR) is 108 cm³/mol. The number of nitrogens with one attached hydrogen (secondary N) is 1. The Morgan fingerprint density at radius 3 is 2.97 bits per heavy atom. The number of hydrogen-bond donors (Lipinski definition) is 2. The first-order chi connectivity index (χ1) is 13.9. The number of methoxy groups -OCH3 is 1. The Balaban J connectivity index is 1.83. The highest BCUT2D eigenvalue weighted by molar-refractivity contribution is 7.11. The lowest BCUT2D eigenvalue weighted by Crippen LogP contribution is -2.53. The minimum Gasteiger partial charge on any atom is -0.481 e. The molecule has 1 fully saturated rings. The van der Waals surface area contributed by atoms with Crippen LogP contribution in [0.5, 0.6) is 0 Å². The molecule has 2 aliphatic rings. The fourth-order valence-electron chi connectivity index (χ4n) is 3.55. The average molecular weight is 423 g/mol. The van der Waals surface area contributed by atoms with E-state index in [1.54, 1.807) is 13.1 Å². The van der Waals surface area contributed by atoms with Gasteiger partial charge in [-0.3, -0.25) is 14.7 Å². The number of carbonyl (C=O) groups excluding carboxylic acids is 1. The van der Waals surface area contributed by atoms with Gasteiger partial charge in [0.15, 0.2) is 10.8 Å². The van der Waals surface area contributed by atoms with Gasteiger partial charge in [-0.1, -0.05) is 6.92 Å². The molecule has 0 aliphatic carbocycles. The summed E-state index contributed by atoms with van der Waals surface area (Å²) in [4.78, 5) is 34.6. The van der Waals surface area contributed by atoms with Gasteiger partial charge in [-0.05, 0) is 13.3 Å². The van der Waals surface area contributed by atoms with Crippen LogP contribution in [0.15, 0.2) is 27.8 Å². The summed E-state index contributed by atoms with van der Waals surface area (Å²) in [5, 5.41) is 15.2. The Bertz CT molecular complexity index is 808. The van der Waals surface area contributed by atoms with Crippen LogP contribution in [0, 0.1) is 5.92 Å². The molecule has 2 unspecified atom stereocenters. The first-order valence-electron chi connectivity index (χ1n) is 9.50. The quantitative estimate of drug-likeness (QED) is 0.629. The van der Waals surface area contributed by atoms with Gasteiger partial charge in [-0.15, -0.1) is 11.3 Å². The van der Waals surface area contributed by atoms with Crippen LogP contribution in [-0.2, 0) is 19.1 Å². The third-order valence-electron chi connectivity index (χ3n) is 5.24. The Kier molecular flexibility index (Phi) is 6.99. The summed E-state index contributed by atoms with van der Waals surface area (Å²) in [5.74, 6) is -1.12. The lowest BCUT2D eigenvalue weighted by atomic mass is 9.95. The topological polar surface area (TPSA) is 113 Å². The van der Waals surface area contributed by atoms with Crippen LogP contribution in [0.25, 0.3) is 0 Å². The van der Waals surface area contributed by atoms with Crippen molar-refractivity contribution in [3.63, 3.8) is 0 Å². The maximum atomic E-state index is 12.3. The van der Waals surface area contributed by atoms with Gasteiger partial charge in [0.1, 0.15) is 0 Å². The van der Waals surface area contributed by atoms with Gasteiger partial charge < -0.3 is 19.9 Å². The molecule has 0 bridgehead atoms. The molecule has 3 heterocycles. The Labute approximate surface area is 173 Å². The van der Waals surface area contributed by atoms with Crippen molar-refractivity contribution in [2.24, 2.45) is 10.9 Å². The van der Waals surface area contributed by atoms with E-state index in [1.807, 2.05) is 12.3 Å². The predicted octanol–water partition coefficient (Wildman–Crippen LogP) is 1.12. The summed E-state index contributed by atoms with van der Waals surface area (Å²) in [6.07, 6.45) is 2.06. The number of aliphatic carboxylic acids is 1. The third-order valence-corrected chi connectivity index (χ3v) is 6.02. The fourth-order valence-corrected chi connectivity index (χ4v) is 4.15. The number of ether oxygens (including phenoxy) is 2. The molecule has 3 rings (SSSR count). The van der Waals surface area contributed by atoms with E-state index in [-0.39, 0.29) is 18.7 Å². The lowest BCUT2D eigenvalue weighted by molar-refractivity contribution is -0.143. The van der Waals surface area contributed by atoms with E-state index < -0.39 is 17.9 Å². The molecule has 158 valence electrons. The smallest absolute Gasteiger partial charge is 0.337 e. The number of hydrogen-bond acceptors (Lipinski definition) is 9. The normalized spacial score (nSPS) is 23.9. The molecule has 1 saturated heterocycles. The van der Waals surface area contributed by atoms with Crippen LogP contribution in [0.3, 0.4) is 0 Å². The highest BCUT2D eigenvalue weighted by atomic mass is 32.1. The van der Waals surface area contributed by atoms with Crippen molar-refractivity contribution in [3.8, 4) is 0 Å². The zero-order chi connectivity index (χ0) is 21.0. The maximum absolute atomic E-state index is 12.3. The van der Waals surface area contributed by atoms with Crippen LogP contribution in [0.2, 0.25) is 0 Å².